The lowest BCUT2D eigenvalue weighted by Gasteiger charge is -2.03. The Labute approximate surface area is 246 Å². The standard InChI is InChI=1S/C8Cl6O12S10/c9-31(15,16)1-3(33(11,19)20)7(35(13,23)24)27-5(1)29-30-6-2(32(10,17)18)4(34(12,21)22)8(28-6)36(14,25)26. The van der Waals surface area contributed by atoms with Crippen molar-refractivity contribution in [2.75, 3.05) is 0 Å². The van der Waals surface area contributed by atoms with Crippen molar-refractivity contribution in [1.29, 1.82) is 0 Å². The molecule has 0 fully saturated rings. The van der Waals surface area contributed by atoms with Crippen molar-refractivity contribution < 1.29 is 50.5 Å². The minimum atomic E-state index is -5.14. The van der Waals surface area contributed by atoms with E-state index in [0.717, 1.165) is 0 Å². The van der Waals surface area contributed by atoms with Crippen molar-refractivity contribution in [2.45, 2.75) is 36.4 Å². The third-order valence-corrected chi connectivity index (χ3v) is 19.7. The highest BCUT2D eigenvalue weighted by molar-refractivity contribution is 8.77. The van der Waals surface area contributed by atoms with E-state index >= 15 is 0 Å². The highest BCUT2D eigenvalue weighted by Crippen LogP contribution is 2.55. The van der Waals surface area contributed by atoms with Gasteiger partial charge in [-0.25, -0.2) is 50.5 Å². The quantitative estimate of drug-likeness (QED) is 0.257. The molecule has 0 aliphatic heterocycles. The molecule has 2 aromatic heterocycles. The lowest BCUT2D eigenvalue weighted by molar-refractivity contribution is 0.591. The summed E-state index contributed by atoms with van der Waals surface area (Å²) < 4.78 is 140. The molecule has 36 heavy (non-hydrogen) atoms. The van der Waals surface area contributed by atoms with Gasteiger partial charge in [0.05, 0.1) is 8.42 Å². The highest BCUT2D eigenvalue weighted by Gasteiger charge is 2.41. The van der Waals surface area contributed by atoms with Crippen LogP contribution in [0.15, 0.2) is 36.4 Å². The predicted octanol–water partition coefficient (Wildman–Crippen LogP) is 4.17. The first-order valence-electron chi connectivity index (χ1n) is 7.04. The predicted molar refractivity (Wildman–Crippen MR) is 139 cm³/mol. The maximum absolute atomic E-state index is 12.1. The van der Waals surface area contributed by atoms with Gasteiger partial charge in [0.2, 0.25) is 0 Å². The van der Waals surface area contributed by atoms with Gasteiger partial charge in [0.1, 0.15) is 19.6 Å². The Morgan fingerprint density at radius 2 is 0.611 bits per heavy atom. The van der Waals surface area contributed by atoms with Gasteiger partial charge in [-0.1, -0.05) is 0 Å². The van der Waals surface area contributed by atoms with Gasteiger partial charge in [0, 0.05) is 64.1 Å². The first-order valence-corrected chi connectivity index (χ1v) is 24.7. The van der Waals surface area contributed by atoms with Gasteiger partial charge in [-0.05, 0) is 21.6 Å². The Morgan fingerprint density at radius 3 is 0.778 bits per heavy atom. The van der Waals surface area contributed by atoms with Gasteiger partial charge in [0.25, 0.3) is 54.3 Å². The molecule has 28 heteroatoms. The molecule has 0 saturated heterocycles. The van der Waals surface area contributed by atoms with Gasteiger partial charge in [-0.3, -0.25) is 0 Å². The van der Waals surface area contributed by atoms with Crippen LogP contribution in [0, 0.1) is 0 Å². The smallest absolute Gasteiger partial charge is 0.207 e. The Bertz CT molecular complexity index is 1770. The fourth-order valence-corrected chi connectivity index (χ4v) is 22.0. The minimum absolute atomic E-state index is 0.0699. The maximum atomic E-state index is 12.1. The first kappa shape index (κ1) is 33.7. The minimum Gasteiger partial charge on any atom is -0.207 e. The Hall–Kier alpha value is 1.54. The summed E-state index contributed by atoms with van der Waals surface area (Å²) in [6, 6.07) is 0. The van der Waals surface area contributed by atoms with Crippen molar-refractivity contribution >= 4 is 163 Å². The van der Waals surface area contributed by atoms with Crippen LogP contribution >= 0.6 is 108 Å². The average molecular weight is 821 g/mol. The number of thiophene rings is 2. The average Bonchev–Trinajstić information content (AvgIpc) is 3.17. The van der Waals surface area contributed by atoms with E-state index in [4.69, 9.17) is 64.1 Å². The molecule has 206 valence electrons. The molecule has 0 saturated carbocycles. The molecule has 2 rings (SSSR count). The molecule has 0 bridgehead atoms. The van der Waals surface area contributed by atoms with Crippen molar-refractivity contribution in [3.05, 3.63) is 0 Å². The monoisotopic (exact) mass is 817 g/mol. The molecular weight excluding hydrogens is 821 g/mol. The SMILES string of the molecule is O=S(=O)(Cl)c1sc(SSc2sc(S(=O)(=O)Cl)c(S(=O)(=O)Cl)c2S(=O)(=O)Cl)c(S(=O)(=O)Cl)c1S(=O)(=O)Cl. The molecule has 2 aromatic rings. The molecule has 0 aliphatic rings. The molecule has 0 N–H and O–H groups in total. The first-order chi connectivity index (χ1) is 15.7. The molecule has 2 heterocycles. The Balaban J connectivity index is 2.94. The molecule has 12 nitrogen and oxygen atoms in total. The summed E-state index contributed by atoms with van der Waals surface area (Å²) >= 11 is -0.140. The normalized spacial score (nSPS) is 14.3. The molecular formula is C8Cl6O12S10. The van der Waals surface area contributed by atoms with E-state index < -0.39 is 90.7 Å². The summed E-state index contributed by atoms with van der Waals surface area (Å²) in [5, 5.41) is 0. The van der Waals surface area contributed by atoms with E-state index in [2.05, 4.69) is 0 Å². The fraction of sp³-hybridized carbons (Fsp3) is 0. The lowest BCUT2D eigenvalue weighted by atomic mass is 10.6. The van der Waals surface area contributed by atoms with E-state index in [1.807, 2.05) is 0 Å². The molecule has 0 spiro atoms. The van der Waals surface area contributed by atoms with E-state index in [-0.39, 0.29) is 44.3 Å². The van der Waals surface area contributed by atoms with Crippen molar-refractivity contribution in [3.63, 3.8) is 0 Å². The van der Waals surface area contributed by atoms with Crippen LogP contribution in [-0.4, -0.2) is 50.5 Å². The summed E-state index contributed by atoms with van der Waals surface area (Å²) in [7, 11) is 1.06. The largest absolute Gasteiger partial charge is 0.272 e. The van der Waals surface area contributed by atoms with Gasteiger partial charge in [-0.2, -0.15) is 0 Å². The summed E-state index contributed by atoms with van der Waals surface area (Å²) in [6.07, 6.45) is 0. The van der Waals surface area contributed by atoms with E-state index in [1.165, 1.54) is 0 Å². The fourth-order valence-electron chi connectivity index (χ4n) is 2.07. The number of rotatable bonds is 9. The summed E-state index contributed by atoms with van der Waals surface area (Å²) in [6.45, 7) is 0. The summed E-state index contributed by atoms with van der Waals surface area (Å²) in [4.78, 5) is -5.73. The van der Waals surface area contributed by atoms with Crippen LogP contribution < -0.4 is 0 Å². The summed E-state index contributed by atoms with van der Waals surface area (Å²) in [5.41, 5.74) is 0. The second-order valence-electron chi connectivity index (χ2n) is 5.46. The number of halogens is 6. The molecule has 0 aliphatic carbocycles. The molecule has 0 atom stereocenters. The van der Waals surface area contributed by atoms with Crippen LogP contribution in [0.3, 0.4) is 0 Å². The second kappa shape index (κ2) is 10.7. The second-order valence-corrected chi connectivity index (χ2v) is 25.7. The van der Waals surface area contributed by atoms with Crippen LogP contribution in [-0.2, 0) is 54.3 Å². The summed E-state index contributed by atoms with van der Waals surface area (Å²) in [5.74, 6) is 0. The topological polar surface area (TPSA) is 205 Å². The van der Waals surface area contributed by atoms with Crippen molar-refractivity contribution in [2.24, 2.45) is 0 Å². The van der Waals surface area contributed by atoms with Crippen LogP contribution in [0.25, 0.3) is 0 Å². The van der Waals surface area contributed by atoms with Crippen LogP contribution in [0.5, 0.6) is 0 Å². The molecule has 0 unspecified atom stereocenters. The maximum Gasteiger partial charge on any atom is 0.272 e. The Kier molecular flexibility index (Phi) is 10.1. The van der Waals surface area contributed by atoms with Gasteiger partial charge in [0.15, 0.2) is 8.42 Å². The zero-order valence-corrected chi connectivity index (χ0v) is 27.9. The van der Waals surface area contributed by atoms with Gasteiger partial charge < -0.3 is 0 Å². The number of hydrogen-bond acceptors (Lipinski definition) is 16. The zero-order chi connectivity index (χ0) is 28.4. The van der Waals surface area contributed by atoms with E-state index in [1.54, 1.807) is 0 Å². The Morgan fingerprint density at radius 1 is 0.389 bits per heavy atom. The van der Waals surface area contributed by atoms with E-state index in [9.17, 15) is 50.5 Å². The lowest BCUT2D eigenvalue weighted by Crippen LogP contribution is -2.03. The zero-order valence-electron chi connectivity index (χ0n) is 15.2. The molecule has 0 radical (unpaired) electrons. The third-order valence-electron chi connectivity index (χ3n) is 3.14. The third kappa shape index (κ3) is 7.63. The molecule has 0 aromatic carbocycles. The van der Waals surface area contributed by atoms with Crippen molar-refractivity contribution in [1.82, 2.24) is 0 Å². The van der Waals surface area contributed by atoms with Gasteiger partial charge >= 0.3 is 0 Å². The number of hydrogen-bond donors (Lipinski definition) is 0. The van der Waals surface area contributed by atoms with Gasteiger partial charge in [-0.15, -0.1) is 22.7 Å². The van der Waals surface area contributed by atoms with Crippen molar-refractivity contribution in [3.8, 4) is 0 Å². The van der Waals surface area contributed by atoms with Crippen LogP contribution in [0.2, 0.25) is 0 Å². The highest BCUT2D eigenvalue weighted by atomic mass is 35.7. The van der Waals surface area contributed by atoms with Crippen LogP contribution in [0.1, 0.15) is 0 Å². The molecule has 0 amide bonds. The van der Waals surface area contributed by atoms with Crippen LogP contribution in [0.4, 0.5) is 0 Å². The van der Waals surface area contributed by atoms with E-state index in [0.29, 0.717) is 0 Å².